The zero-order valence-electron chi connectivity index (χ0n) is 13.3. The van der Waals surface area contributed by atoms with Crippen LogP contribution in [0, 0.1) is 11.8 Å². The van der Waals surface area contributed by atoms with Crippen LogP contribution in [-0.2, 0) is 0 Å². The molecule has 1 aromatic heterocycles. The monoisotopic (exact) mass is 346 g/mol. The van der Waals surface area contributed by atoms with E-state index >= 15 is 0 Å². The lowest BCUT2D eigenvalue weighted by atomic mass is 10.0. The lowest BCUT2D eigenvalue weighted by molar-refractivity contribution is 0.175. The summed E-state index contributed by atoms with van der Waals surface area (Å²) in [6, 6.07) is 0.655. The number of nitrogens with one attached hydrogen (secondary N) is 1. The van der Waals surface area contributed by atoms with E-state index in [1.807, 2.05) is 6.20 Å². The Morgan fingerprint density at radius 3 is 2.77 bits per heavy atom. The molecule has 2 aliphatic heterocycles. The smallest absolute Gasteiger partial charge is 0.112 e. The molecule has 0 bridgehead atoms. The molecule has 1 aromatic rings. The van der Waals surface area contributed by atoms with Gasteiger partial charge in [0.2, 0.25) is 0 Å². The molecule has 3 fully saturated rings. The van der Waals surface area contributed by atoms with E-state index in [2.05, 4.69) is 27.9 Å². The summed E-state index contributed by atoms with van der Waals surface area (Å²) in [6.07, 6.45) is 8.18. The topological polar surface area (TPSA) is 33.1 Å². The Morgan fingerprint density at radius 2 is 2.05 bits per heavy atom. The van der Waals surface area contributed by atoms with Gasteiger partial charge in [0.05, 0.1) is 0 Å². The van der Waals surface area contributed by atoms with Crippen LogP contribution in [0.2, 0.25) is 0 Å². The lowest BCUT2D eigenvalue weighted by Crippen LogP contribution is -2.37. The third-order valence-electron chi connectivity index (χ3n) is 5.50. The number of nitrogens with zero attached hydrogens (tertiary/aromatic N) is 3. The molecule has 4 rings (SSSR count). The molecule has 22 heavy (non-hydrogen) atoms. The SMILES string of the molecule is CCCN1CCCC(n2ccnc2C2[C@H]3CNC[C@@H]23)C1.Cl.Cl. The van der Waals surface area contributed by atoms with Gasteiger partial charge in [-0.3, -0.25) is 0 Å². The lowest BCUT2D eigenvalue weighted by Gasteiger charge is -2.34. The zero-order valence-corrected chi connectivity index (χ0v) is 14.9. The van der Waals surface area contributed by atoms with Gasteiger partial charge in [0.25, 0.3) is 0 Å². The molecule has 0 spiro atoms. The average Bonchev–Trinajstić information content (AvgIpc) is 2.90. The van der Waals surface area contributed by atoms with Gasteiger partial charge < -0.3 is 14.8 Å². The highest BCUT2D eigenvalue weighted by Gasteiger charge is 2.55. The maximum atomic E-state index is 4.72. The van der Waals surface area contributed by atoms with Crippen LogP contribution in [0.3, 0.4) is 0 Å². The van der Waals surface area contributed by atoms with Gasteiger partial charge in [-0.15, -0.1) is 24.8 Å². The normalized spacial score (nSPS) is 33.7. The molecule has 1 aliphatic carbocycles. The highest BCUT2D eigenvalue weighted by Crippen LogP contribution is 2.55. The molecular weight excluding hydrogens is 319 g/mol. The number of imidazole rings is 1. The predicted octanol–water partition coefficient (Wildman–Crippen LogP) is 2.71. The molecule has 0 aromatic carbocycles. The maximum Gasteiger partial charge on any atom is 0.112 e. The maximum absolute atomic E-state index is 4.72. The van der Waals surface area contributed by atoms with Crippen LogP contribution in [0.25, 0.3) is 0 Å². The number of halogens is 2. The van der Waals surface area contributed by atoms with Crippen LogP contribution in [0.15, 0.2) is 12.4 Å². The highest BCUT2D eigenvalue weighted by atomic mass is 35.5. The summed E-state index contributed by atoms with van der Waals surface area (Å²) >= 11 is 0. The van der Waals surface area contributed by atoms with E-state index in [-0.39, 0.29) is 24.8 Å². The predicted molar refractivity (Wildman–Crippen MR) is 94.3 cm³/mol. The van der Waals surface area contributed by atoms with Crippen LogP contribution in [0.5, 0.6) is 0 Å². The molecule has 4 nitrogen and oxygen atoms in total. The molecule has 2 saturated heterocycles. The third-order valence-corrected chi connectivity index (χ3v) is 5.50. The summed E-state index contributed by atoms with van der Waals surface area (Å²) in [5.41, 5.74) is 0. The zero-order chi connectivity index (χ0) is 13.5. The Morgan fingerprint density at radius 1 is 1.27 bits per heavy atom. The molecule has 4 atom stereocenters. The molecule has 3 aliphatic rings. The minimum Gasteiger partial charge on any atom is -0.330 e. The molecule has 6 heteroatoms. The van der Waals surface area contributed by atoms with Gasteiger partial charge >= 0.3 is 0 Å². The Labute approximate surface area is 145 Å². The van der Waals surface area contributed by atoms with Crippen LogP contribution >= 0.6 is 24.8 Å². The fraction of sp³-hybridized carbons (Fsp3) is 0.812. The van der Waals surface area contributed by atoms with E-state index in [1.165, 1.54) is 57.8 Å². The van der Waals surface area contributed by atoms with Gasteiger partial charge in [0.15, 0.2) is 0 Å². The van der Waals surface area contributed by atoms with Crippen LogP contribution in [-0.4, -0.2) is 47.2 Å². The molecule has 1 saturated carbocycles. The molecule has 0 amide bonds. The highest BCUT2D eigenvalue weighted by molar-refractivity contribution is 5.85. The van der Waals surface area contributed by atoms with Crippen molar-refractivity contribution in [3.8, 4) is 0 Å². The Kier molecular flexibility index (Phi) is 6.17. The van der Waals surface area contributed by atoms with Crippen molar-refractivity contribution in [1.29, 1.82) is 0 Å². The van der Waals surface area contributed by atoms with Crippen molar-refractivity contribution in [1.82, 2.24) is 19.8 Å². The molecule has 2 unspecified atom stereocenters. The van der Waals surface area contributed by atoms with Crippen LogP contribution < -0.4 is 5.32 Å². The standard InChI is InChI=1S/C16H26N4.2ClH/c1-2-6-19-7-3-4-12(11-19)20-8-5-18-16(20)15-13-9-17-10-14(13)15;;/h5,8,12-15,17H,2-4,6-7,9-11H2,1H3;2*1H/t12?,13-,14+,15?;;. The van der Waals surface area contributed by atoms with Gasteiger partial charge in [-0.25, -0.2) is 4.98 Å². The van der Waals surface area contributed by atoms with E-state index in [0.717, 1.165) is 17.8 Å². The summed E-state index contributed by atoms with van der Waals surface area (Å²) in [4.78, 5) is 7.36. The number of rotatable bonds is 4. The molecule has 3 heterocycles. The van der Waals surface area contributed by atoms with Gasteiger partial charge in [0, 0.05) is 30.9 Å². The first-order chi connectivity index (χ1) is 9.88. The Bertz CT molecular complexity index is 466. The van der Waals surface area contributed by atoms with E-state index in [1.54, 1.807) is 0 Å². The summed E-state index contributed by atoms with van der Waals surface area (Å²) in [5, 5.41) is 3.49. The Balaban J connectivity index is 0.000000882. The second kappa shape index (κ2) is 7.52. The number of likely N-dealkylation sites (tertiary alicyclic amines) is 1. The van der Waals surface area contributed by atoms with Crippen molar-refractivity contribution in [2.75, 3.05) is 32.7 Å². The summed E-state index contributed by atoms with van der Waals surface area (Å²) in [5.74, 6) is 3.86. The van der Waals surface area contributed by atoms with E-state index in [4.69, 9.17) is 4.98 Å². The molecule has 126 valence electrons. The van der Waals surface area contributed by atoms with Crippen LogP contribution in [0.1, 0.15) is 44.0 Å². The van der Waals surface area contributed by atoms with Crippen molar-refractivity contribution in [2.24, 2.45) is 11.8 Å². The average molecular weight is 347 g/mol. The van der Waals surface area contributed by atoms with Crippen molar-refractivity contribution in [3.05, 3.63) is 18.2 Å². The van der Waals surface area contributed by atoms with E-state index in [0.29, 0.717) is 6.04 Å². The minimum absolute atomic E-state index is 0. The first kappa shape index (κ1) is 18.1. The van der Waals surface area contributed by atoms with Gasteiger partial charge in [-0.2, -0.15) is 0 Å². The number of hydrogen-bond acceptors (Lipinski definition) is 3. The fourth-order valence-corrected chi connectivity index (χ4v) is 4.47. The van der Waals surface area contributed by atoms with Crippen molar-refractivity contribution >= 4 is 24.8 Å². The van der Waals surface area contributed by atoms with Gasteiger partial charge in [-0.05, 0) is 57.3 Å². The Hall–Kier alpha value is -0.290. The number of fused-ring (bicyclic) bond motifs is 1. The minimum atomic E-state index is 0. The summed E-state index contributed by atoms with van der Waals surface area (Å²) in [6.45, 7) is 8.44. The van der Waals surface area contributed by atoms with Crippen molar-refractivity contribution in [2.45, 2.75) is 38.1 Å². The van der Waals surface area contributed by atoms with Crippen molar-refractivity contribution in [3.63, 3.8) is 0 Å². The van der Waals surface area contributed by atoms with Crippen LogP contribution in [0.4, 0.5) is 0 Å². The van der Waals surface area contributed by atoms with E-state index in [9.17, 15) is 0 Å². The third kappa shape index (κ3) is 3.16. The second-order valence-electron chi connectivity index (χ2n) is 6.80. The number of hydrogen-bond donors (Lipinski definition) is 1. The van der Waals surface area contributed by atoms with E-state index < -0.39 is 0 Å². The molecule has 0 radical (unpaired) electrons. The fourth-order valence-electron chi connectivity index (χ4n) is 4.47. The molecular formula is C16H28Cl2N4. The number of aromatic nitrogens is 2. The van der Waals surface area contributed by atoms with Gasteiger partial charge in [0.1, 0.15) is 5.82 Å². The summed E-state index contributed by atoms with van der Waals surface area (Å²) < 4.78 is 2.52. The first-order valence-corrected chi connectivity index (χ1v) is 8.34. The largest absolute Gasteiger partial charge is 0.330 e. The molecule has 1 N–H and O–H groups in total. The van der Waals surface area contributed by atoms with Crippen molar-refractivity contribution < 1.29 is 0 Å². The quantitative estimate of drug-likeness (QED) is 0.909. The first-order valence-electron chi connectivity index (χ1n) is 8.34. The second-order valence-corrected chi connectivity index (χ2v) is 6.80. The number of piperidine rings is 2. The van der Waals surface area contributed by atoms with Gasteiger partial charge in [-0.1, -0.05) is 6.92 Å². The summed E-state index contributed by atoms with van der Waals surface area (Å²) in [7, 11) is 0.